The summed E-state index contributed by atoms with van der Waals surface area (Å²) in [5.74, 6) is -0.368. The van der Waals surface area contributed by atoms with Crippen LogP contribution in [-0.2, 0) is 4.74 Å². The van der Waals surface area contributed by atoms with Gasteiger partial charge in [-0.3, -0.25) is 0 Å². The van der Waals surface area contributed by atoms with Crippen LogP contribution in [-0.4, -0.2) is 17.6 Å². The first-order valence-electron chi connectivity index (χ1n) is 5.44. The second kappa shape index (κ2) is 5.71. The molecule has 0 unspecified atom stereocenters. The lowest BCUT2D eigenvalue weighted by Crippen LogP contribution is -2.05. The van der Waals surface area contributed by atoms with E-state index in [1.165, 1.54) is 0 Å². The van der Waals surface area contributed by atoms with Gasteiger partial charge in [0.2, 0.25) is 0 Å². The predicted octanol–water partition coefficient (Wildman–Crippen LogP) is 4.38. The summed E-state index contributed by atoms with van der Waals surface area (Å²) in [5.41, 5.74) is 2.27. The molecule has 5 heteroatoms. The van der Waals surface area contributed by atoms with Gasteiger partial charge in [0.05, 0.1) is 21.2 Å². The molecule has 18 heavy (non-hydrogen) atoms. The van der Waals surface area contributed by atoms with E-state index in [9.17, 15) is 4.79 Å². The number of aromatic amines is 1. The first-order chi connectivity index (χ1) is 8.65. The number of carbonyl (C=O) groups is 1. The Hall–Kier alpha value is -1.07. The van der Waals surface area contributed by atoms with Gasteiger partial charge in [0.25, 0.3) is 0 Å². The van der Waals surface area contributed by atoms with Crippen molar-refractivity contribution in [3.8, 4) is 11.3 Å². The first-order valence-corrected chi connectivity index (χ1v) is 7.03. The van der Waals surface area contributed by atoms with E-state index in [4.69, 9.17) is 4.74 Å². The van der Waals surface area contributed by atoms with Crippen LogP contribution in [0.4, 0.5) is 0 Å². The summed E-state index contributed by atoms with van der Waals surface area (Å²) >= 11 is 6.86. The van der Waals surface area contributed by atoms with Crippen LogP contribution in [0.1, 0.15) is 17.4 Å². The maximum atomic E-state index is 11.8. The van der Waals surface area contributed by atoms with Crippen molar-refractivity contribution in [1.29, 1.82) is 0 Å². The Morgan fingerprint density at radius 2 is 1.89 bits per heavy atom. The third kappa shape index (κ3) is 2.52. The van der Waals surface area contributed by atoms with Crippen molar-refractivity contribution >= 4 is 37.8 Å². The van der Waals surface area contributed by atoms with Gasteiger partial charge in [0.15, 0.2) is 0 Å². The number of hydrogen-bond acceptors (Lipinski definition) is 2. The maximum Gasteiger partial charge on any atom is 0.355 e. The second-order valence-electron chi connectivity index (χ2n) is 3.59. The Balaban J connectivity index is 2.46. The number of esters is 1. The van der Waals surface area contributed by atoms with Crippen LogP contribution < -0.4 is 0 Å². The molecule has 1 N–H and O–H groups in total. The summed E-state index contributed by atoms with van der Waals surface area (Å²) in [6.07, 6.45) is 0. The summed E-state index contributed by atoms with van der Waals surface area (Å²) in [4.78, 5) is 14.8. The molecule has 2 aromatic rings. The van der Waals surface area contributed by atoms with E-state index in [0.29, 0.717) is 16.8 Å². The molecule has 1 heterocycles. The number of nitrogens with one attached hydrogen (secondary N) is 1. The van der Waals surface area contributed by atoms with Crippen LogP contribution in [0.3, 0.4) is 0 Å². The zero-order valence-electron chi connectivity index (χ0n) is 9.67. The highest BCUT2D eigenvalue weighted by molar-refractivity contribution is 9.13. The number of benzene rings is 1. The van der Waals surface area contributed by atoms with Crippen LogP contribution in [0.15, 0.2) is 39.3 Å². The molecule has 2 rings (SSSR count). The number of rotatable bonds is 3. The first kappa shape index (κ1) is 13.4. The fourth-order valence-electron chi connectivity index (χ4n) is 1.60. The molecule has 0 saturated heterocycles. The van der Waals surface area contributed by atoms with Gasteiger partial charge >= 0.3 is 5.97 Å². The van der Waals surface area contributed by atoms with E-state index in [1.54, 1.807) is 6.92 Å². The van der Waals surface area contributed by atoms with E-state index in [2.05, 4.69) is 36.8 Å². The van der Waals surface area contributed by atoms with Gasteiger partial charge in [-0.1, -0.05) is 30.3 Å². The molecule has 0 bridgehead atoms. The molecule has 0 aliphatic carbocycles. The Kier molecular flexibility index (Phi) is 4.24. The van der Waals surface area contributed by atoms with Gasteiger partial charge in [0, 0.05) is 0 Å². The van der Waals surface area contributed by atoms with Crippen molar-refractivity contribution in [3.63, 3.8) is 0 Å². The van der Waals surface area contributed by atoms with Crippen molar-refractivity contribution in [3.05, 3.63) is 45.0 Å². The second-order valence-corrected chi connectivity index (χ2v) is 5.18. The number of aromatic nitrogens is 1. The molecule has 1 aromatic carbocycles. The molecule has 0 radical (unpaired) electrons. The van der Waals surface area contributed by atoms with E-state index in [1.807, 2.05) is 30.3 Å². The van der Waals surface area contributed by atoms with E-state index >= 15 is 0 Å². The summed E-state index contributed by atoms with van der Waals surface area (Å²) in [6.45, 7) is 2.13. The van der Waals surface area contributed by atoms with Gasteiger partial charge in [-0.2, -0.15) is 0 Å². The molecule has 1 aromatic heterocycles. The highest BCUT2D eigenvalue weighted by Crippen LogP contribution is 2.36. The third-order valence-corrected chi connectivity index (χ3v) is 4.54. The fraction of sp³-hybridized carbons (Fsp3) is 0.154. The topological polar surface area (TPSA) is 42.1 Å². The predicted molar refractivity (Wildman–Crippen MR) is 77.6 cm³/mol. The minimum absolute atomic E-state index is 0.350. The van der Waals surface area contributed by atoms with Crippen LogP contribution in [0.5, 0.6) is 0 Å². The molecule has 0 atom stereocenters. The molecule has 0 spiro atoms. The van der Waals surface area contributed by atoms with Gasteiger partial charge in [0.1, 0.15) is 5.69 Å². The van der Waals surface area contributed by atoms with Gasteiger partial charge in [-0.05, 0) is 44.3 Å². The monoisotopic (exact) mass is 371 g/mol. The molecule has 0 aliphatic heterocycles. The molecule has 0 fully saturated rings. The van der Waals surface area contributed by atoms with Crippen LogP contribution in [0, 0.1) is 0 Å². The SMILES string of the molecule is CCOC(=O)c1[nH]c(-c2ccccc2)c(Br)c1Br. The number of hydrogen-bond donors (Lipinski definition) is 1. The number of H-pyrrole nitrogens is 1. The quantitative estimate of drug-likeness (QED) is 0.812. The molecule has 94 valence electrons. The standard InChI is InChI=1S/C13H11Br2NO2/c1-2-18-13(17)12-10(15)9(14)11(16-12)8-6-4-3-5-7-8/h3-7,16H,2H2,1H3. The average Bonchev–Trinajstić information content (AvgIpc) is 2.68. The molecular formula is C13H11Br2NO2. The zero-order chi connectivity index (χ0) is 13.1. The Bertz CT molecular complexity index is 564. The summed E-state index contributed by atoms with van der Waals surface area (Å²) in [5, 5.41) is 0. The zero-order valence-corrected chi connectivity index (χ0v) is 12.8. The largest absolute Gasteiger partial charge is 0.461 e. The Morgan fingerprint density at radius 3 is 2.50 bits per heavy atom. The molecule has 3 nitrogen and oxygen atoms in total. The molecule has 0 aliphatic rings. The minimum Gasteiger partial charge on any atom is -0.461 e. The summed E-state index contributed by atoms with van der Waals surface area (Å²) in [7, 11) is 0. The van der Waals surface area contributed by atoms with Crippen molar-refractivity contribution in [2.75, 3.05) is 6.61 Å². The minimum atomic E-state index is -0.368. The van der Waals surface area contributed by atoms with Crippen LogP contribution >= 0.6 is 31.9 Å². The smallest absolute Gasteiger partial charge is 0.355 e. The van der Waals surface area contributed by atoms with Crippen LogP contribution in [0.2, 0.25) is 0 Å². The highest BCUT2D eigenvalue weighted by atomic mass is 79.9. The van der Waals surface area contributed by atoms with E-state index in [0.717, 1.165) is 15.7 Å². The lowest BCUT2D eigenvalue weighted by atomic mass is 10.2. The lowest BCUT2D eigenvalue weighted by Gasteiger charge is -1.99. The molecular weight excluding hydrogens is 362 g/mol. The van der Waals surface area contributed by atoms with Gasteiger partial charge < -0.3 is 9.72 Å². The molecule has 0 saturated carbocycles. The van der Waals surface area contributed by atoms with Crippen molar-refractivity contribution in [2.45, 2.75) is 6.92 Å². The molecule has 0 amide bonds. The lowest BCUT2D eigenvalue weighted by molar-refractivity contribution is 0.0519. The van der Waals surface area contributed by atoms with Crippen molar-refractivity contribution in [1.82, 2.24) is 4.98 Å². The highest BCUT2D eigenvalue weighted by Gasteiger charge is 2.20. The normalized spacial score (nSPS) is 10.4. The third-order valence-electron chi connectivity index (χ3n) is 2.42. The summed E-state index contributed by atoms with van der Waals surface area (Å²) in [6, 6.07) is 9.78. The van der Waals surface area contributed by atoms with Crippen LogP contribution in [0.25, 0.3) is 11.3 Å². The van der Waals surface area contributed by atoms with Crippen molar-refractivity contribution in [2.24, 2.45) is 0 Å². The fourth-order valence-corrected chi connectivity index (χ4v) is 2.59. The number of carbonyl (C=O) groups excluding carboxylic acids is 1. The number of ether oxygens (including phenoxy) is 1. The summed E-state index contributed by atoms with van der Waals surface area (Å²) < 4.78 is 6.49. The van der Waals surface area contributed by atoms with Gasteiger partial charge in [-0.15, -0.1) is 0 Å². The van der Waals surface area contributed by atoms with E-state index in [-0.39, 0.29) is 5.97 Å². The van der Waals surface area contributed by atoms with Gasteiger partial charge in [-0.25, -0.2) is 4.79 Å². The van der Waals surface area contributed by atoms with Crippen molar-refractivity contribution < 1.29 is 9.53 Å². The maximum absolute atomic E-state index is 11.8. The van der Waals surface area contributed by atoms with E-state index < -0.39 is 0 Å². The Morgan fingerprint density at radius 1 is 1.22 bits per heavy atom. The average molecular weight is 373 g/mol. The Labute approximate surface area is 122 Å². The number of halogens is 2.